The van der Waals surface area contributed by atoms with Crippen LogP contribution in [0.25, 0.3) is 0 Å². The van der Waals surface area contributed by atoms with E-state index in [1.165, 1.54) is 26.2 Å². The van der Waals surface area contributed by atoms with Crippen molar-refractivity contribution in [2.75, 3.05) is 27.9 Å². The van der Waals surface area contributed by atoms with Gasteiger partial charge in [-0.05, 0) is 19.9 Å². The second-order valence-electron chi connectivity index (χ2n) is 5.55. The standard InChI is InChI=1S/C14H29NO7Si/c1-7-13(11(18)19,9-10(16)17)15(8-2)14(23,22-6)12(3,20-4)21-5/h7-9H2,1-6,23H3,(H,16,17)(H,18,19). The Morgan fingerprint density at radius 3 is 1.78 bits per heavy atom. The van der Waals surface area contributed by atoms with E-state index in [1.54, 1.807) is 20.8 Å². The first-order valence-electron chi connectivity index (χ1n) is 7.43. The van der Waals surface area contributed by atoms with Crippen molar-refractivity contribution >= 4 is 22.2 Å². The van der Waals surface area contributed by atoms with Crippen molar-refractivity contribution in [2.45, 2.75) is 50.3 Å². The Morgan fingerprint density at radius 2 is 1.57 bits per heavy atom. The Bertz CT molecular complexity index is 429. The third-order valence-corrected chi connectivity index (χ3v) is 6.65. The average molecular weight is 351 g/mol. The minimum atomic E-state index is -1.63. The number of aliphatic carboxylic acids is 2. The summed E-state index contributed by atoms with van der Waals surface area (Å²) in [5, 5.41) is 17.9. The monoisotopic (exact) mass is 351 g/mol. The zero-order valence-corrected chi connectivity index (χ0v) is 17.0. The molecule has 2 unspecified atom stereocenters. The number of carboxylic acid groups (broad SMARTS) is 2. The summed E-state index contributed by atoms with van der Waals surface area (Å²) in [4.78, 5) is 24.9. The lowest BCUT2D eigenvalue weighted by Gasteiger charge is -2.55. The number of methoxy groups -OCH3 is 3. The van der Waals surface area contributed by atoms with Crippen LogP contribution in [0.1, 0.15) is 33.6 Å². The molecule has 0 aliphatic rings. The lowest BCUT2D eigenvalue weighted by Crippen LogP contribution is -2.74. The van der Waals surface area contributed by atoms with Gasteiger partial charge >= 0.3 is 11.9 Å². The SMILES string of the molecule is CCN(C(CC)(CC(=O)O)C(=O)O)C([SiH3])(OC)C(C)(OC)OC. The fourth-order valence-electron chi connectivity index (χ4n) is 3.02. The summed E-state index contributed by atoms with van der Waals surface area (Å²) in [6, 6.07) is 0. The van der Waals surface area contributed by atoms with E-state index in [0.29, 0.717) is 10.2 Å². The summed E-state index contributed by atoms with van der Waals surface area (Å²) in [7, 11) is 4.64. The van der Waals surface area contributed by atoms with Crippen LogP contribution in [-0.4, -0.2) is 81.8 Å². The topological polar surface area (TPSA) is 106 Å². The zero-order chi connectivity index (χ0) is 18.5. The van der Waals surface area contributed by atoms with E-state index in [9.17, 15) is 19.8 Å². The van der Waals surface area contributed by atoms with Crippen LogP contribution in [0.5, 0.6) is 0 Å². The first kappa shape index (κ1) is 22.0. The highest BCUT2D eigenvalue weighted by Gasteiger charge is 2.58. The van der Waals surface area contributed by atoms with Crippen molar-refractivity contribution in [3.63, 3.8) is 0 Å². The number of carboxylic acids is 2. The van der Waals surface area contributed by atoms with Gasteiger partial charge in [0.15, 0.2) is 5.35 Å². The van der Waals surface area contributed by atoms with Gasteiger partial charge in [-0.2, -0.15) is 0 Å². The van der Waals surface area contributed by atoms with Gasteiger partial charge in [-0.25, -0.2) is 0 Å². The molecule has 0 aromatic rings. The highest BCUT2D eigenvalue weighted by Crippen LogP contribution is 2.38. The fraction of sp³-hybridized carbons (Fsp3) is 0.857. The number of hydrogen-bond acceptors (Lipinski definition) is 6. The fourth-order valence-corrected chi connectivity index (χ4v) is 4.17. The van der Waals surface area contributed by atoms with Gasteiger partial charge in [-0.15, -0.1) is 0 Å². The van der Waals surface area contributed by atoms with Gasteiger partial charge in [0.25, 0.3) is 0 Å². The molecule has 0 saturated carbocycles. The van der Waals surface area contributed by atoms with Crippen LogP contribution in [0.3, 0.4) is 0 Å². The molecule has 0 amide bonds. The number of carbonyl (C=O) groups is 2. The zero-order valence-electron chi connectivity index (χ0n) is 15.0. The molecule has 0 heterocycles. The van der Waals surface area contributed by atoms with E-state index in [-0.39, 0.29) is 13.0 Å². The lowest BCUT2D eigenvalue weighted by molar-refractivity contribution is -0.321. The molecule has 0 saturated heterocycles. The van der Waals surface area contributed by atoms with Crippen LogP contribution in [0.4, 0.5) is 0 Å². The second kappa shape index (κ2) is 8.20. The molecule has 2 N–H and O–H groups in total. The molecule has 23 heavy (non-hydrogen) atoms. The largest absolute Gasteiger partial charge is 0.481 e. The van der Waals surface area contributed by atoms with Crippen LogP contribution in [0.2, 0.25) is 0 Å². The van der Waals surface area contributed by atoms with Gasteiger partial charge in [0.1, 0.15) is 5.54 Å². The van der Waals surface area contributed by atoms with E-state index in [2.05, 4.69) is 0 Å². The van der Waals surface area contributed by atoms with Crippen molar-refractivity contribution in [3.05, 3.63) is 0 Å². The van der Waals surface area contributed by atoms with Crippen molar-refractivity contribution in [2.24, 2.45) is 0 Å². The highest BCUT2D eigenvalue weighted by molar-refractivity contribution is 6.15. The first-order valence-corrected chi connectivity index (χ1v) is 8.43. The van der Waals surface area contributed by atoms with Crippen LogP contribution in [0, 0.1) is 0 Å². The summed E-state index contributed by atoms with van der Waals surface area (Å²) in [5.41, 5.74) is -1.63. The Kier molecular flexibility index (Phi) is 7.84. The lowest BCUT2D eigenvalue weighted by atomic mass is 9.88. The van der Waals surface area contributed by atoms with Gasteiger partial charge in [0, 0.05) is 21.3 Å². The van der Waals surface area contributed by atoms with Crippen LogP contribution >= 0.6 is 0 Å². The first-order chi connectivity index (χ1) is 10.5. The number of likely N-dealkylation sites (N-methyl/N-ethyl adjacent to an activating group) is 1. The number of ether oxygens (including phenoxy) is 3. The number of nitrogens with zero attached hydrogens (tertiary/aromatic N) is 1. The molecule has 136 valence electrons. The third kappa shape index (κ3) is 3.74. The van der Waals surface area contributed by atoms with Crippen LogP contribution in [0.15, 0.2) is 0 Å². The Labute approximate surface area is 140 Å². The molecule has 8 nitrogen and oxygen atoms in total. The van der Waals surface area contributed by atoms with E-state index in [0.717, 1.165) is 0 Å². The Hall–Kier alpha value is -1.00. The van der Waals surface area contributed by atoms with Crippen molar-refractivity contribution < 1.29 is 34.0 Å². The number of rotatable bonds is 11. The molecule has 0 spiro atoms. The Morgan fingerprint density at radius 1 is 1.09 bits per heavy atom. The quantitative estimate of drug-likeness (QED) is 0.386. The molecular weight excluding hydrogens is 322 g/mol. The van der Waals surface area contributed by atoms with Crippen LogP contribution < -0.4 is 0 Å². The third-order valence-electron chi connectivity index (χ3n) is 4.79. The molecule has 0 aliphatic carbocycles. The average Bonchev–Trinajstić information content (AvgIpc) is 2.52. The molecule has 0 fully saturated rings. The minimum Gasteiger partial charge on any atom is -0.481 e. The molecule has 0 aliphatic heterocycles. The van der Waals surface area contributed by atoms with Crippen molar-refractivity contribution in [3.8, 4) is 0 Å². The molecule has 0 radical (unpaired) electrons. The van der Waals surface area contributed by atoms with Gasteiger partial charge in [0.2, 0.25) is 5.79 Å². The van der Waals surface area contributed by atoms with E-state index < -0.39 is 35.0 Å². The summed E-state index contributed by atoms with van der Waals surface area (Å²) < 4.78 is 16.6. The summed E-state index contributed by atoms with van der Waals surface area (Å²) >= 11 is 0. The summed E-state index contributed by atoms with van der Waals surface area (Å²) in [6.45, 7) is 5.31. The van der Waals surface area contributed by atoms with Gasteiger partial charge in [-0.1, -0.05) is 13.8 Å². The maximum atomic E-state index is 12.0. The Balaban J connectivity index is 6.36. The van der Waals surface area contributed by atoms with Gasteiger partial charge < -0.3 is 24.4 Å². The predicted molar refractivity (Wildman–Crippen MR) is 87.4 cm³/mol. The molecule has 2 atom stereocenters. The molecular formula is C14H29NO7Si. The molecule has 0 aromatic carbocycles. The maximum Gasteiger partial charge on any atom is 0.324 e. The molecule has 9 heteroatoms. The summed E-state index contributed by atoms with van der Waals surface area (Å²) in [5.74, 6) is -3.65. The second-order valence-corrected chi connectivity index (χ2v) is 6.90. The molecule has 0 rings (SSSR count). The van der Waals surface area contributed by atoms with Crippen molar-refractivity contribution in [1.82, 2.24) is 4.90 Å². The van der Waals surface area contributed by atoms with Crippen LogP contribution in [-0.2, 0) is 23.8 Å². The highest BCUT2D eigenvalue weighted by atomic mass is 28.1. The van der Waals surface area contributed by atoms with E-state index in [1.807, 2.05) is 0 Å². The van der Waals surface area contributed by atoms with Gasteiger partial charge in [0.05, 0.1) is 16.7 Å². The minimum absolute atomic E-state index is 0.0966. The number of hydrogen-bond donors (Lipinski definition) is 2. The van der Waals surface area contributed by atoms with E-state index in [4.69, 9.17) is 14.2 Å². The maximum absolute atomic E-state index is 12.0. The van der Waals surface area contributed by atoms with E-state index >= 15 is 0 Å². The summed E-state index contributed by atoms with van der Waals surface area (Å²) in [6.07, 6.45) is -0.455. The van der Waals surface area contributed by atoms with Gasteiger partial charge in [-0.3, -0.25) is 14.5 Å². The molecule has 0 bridgehead atoms. The predicted octanol–water partition coefficient (Wildman–Crippen LogP) is -0.309. The van der Waals surface area contributed by atoms with Crippen molar-refractivity contribution in [1.29, 1.82) is 0 Å². The smallest absolute Gasteiger partial charge is 0.324 e. The normalized spacial score (nSPS) is 17.7. The molecule has 0 aromatic heterocycles.